The summed E-state index contributed by atoms with van der Waals surface area (Å²) in [6.45, 7) is 3.66. The second-order valence-corrected chi connectivity index (χ2v) is 4.78. The summed E-state index contributed by atoms with van der Waals surface area (Å²) in [5, 5.41) is 5.78. The van der Waals surface area contributed by atoms with E-state index in [1.807, 2.05) is 24.3 Å². The van der Waals surface area contributed by atoms with Crippen molar-refractivity contribution in [3.63, 3.8) is 0 Å². The number of aromatic nitrogens is 1. The van der Waals surface area contributed by atoms with Crippen molar-refractivity contribution in [2.75, 3.05) is 27.3 Å². The monoisotopic (exact) mass is 257 g/mol. The number of hydrogen-bond acceptors (Lipinski definition) is 5. The predicted molar refractivity (Wildman–Crippen MR) is 67.9 cm³/mol. The summed E-state index contributed by atoms with van der Waals surface area (Å²) in [7, 11) is 3.53. The third-order valence-corrected chi connectivity index (χ3v) is 3.28. The van der Waals surface area contributed by atoms with Crippen molar-refractivity contribution in [2.45, 2.75) is 19.5 Å². The van der Waals surface area contributed by atoms with Gasteiger partial charge in [-0.25, -0.2) is 4.98 Å². The highest BCUT2D eigenvalue weighted by molar-refractivity contribution is 7.09. The number of ether oxygens (including phenoxy) is 1. The highest BCUT2D eigenvalue weighted by Gasteiger charge is 2.18. The van der Waals surface area contributed by atoms with Crippen LogP contribution >= 0.6 is 11.3 Å². The van der Waals surface area contributed by atoms with Gasteiger partial charge >= 0.3 is 0 Å². The molecule has 0 aliphatic heterocycles. The first kappa shape index (κ1) is 14.1. The molecule has 0 aliphatic rings. The van der Waals surface area contributed by atoms with Crippen LogP contribution < -0.4 is 5.32 Å². The number of hydrogen-bond donors (Lipinski definition) is 1. The van der Waals surface area contributed by atoms with E-state index in [1.165, 1.54) is 0 Å². The number of carbonyl (C=O) groups excluding carboxylic acids is 1. The molecule has 6 heteroatoms. The fourth-order valence-electron chi connectivity index (χ4n) is 1.31. The maximum absolute atomic E-state index is 11.8. The van der Waals surface area contributed by atoms with Crippen molar-refractivity contribution >= 4 is 17.2 Å². The van der Waals surface area contributed by atoms with E-state index in [1.54, 1.807) is 24.6 Å². The van der Waals surface area contributed by atoms with Crippen LogP contribution in [0.5, 0.6) is 0 Å². The van der Waals surface area contributed by atoms with Gasteiger partial charge < -0.3 is 10.1 Å². The normalized spacial score (nSPS) is 12.7. The van der Waals surface area contributed by atoms with Crippen LogP contribution in [0.4, 0.5) is 0 Å². The van der Waals surface area contributed by atoms with Gasteiger partial charge in [0.05, 0.1) is 19.2 Å². The molecule has 0 spiro atoms. The van der Waals surface area contributed by atoms with Crippen molar-refractivity contribution in [1.82, 2.24) is 15.2 Å². The van der Waals surface area contributed by atoms with E-state index in [9.17, 15) is 4.79 Å². The fraction of sp³-hybridized carbons (Fsp3) is 0.636. The minimum atomic E-state index is -0.171. The summed E-state index contributed by atoms with van der Waals surface area (Å²) >= 11 is 1.60. The molecule has 1 amide bonds. The molecule has 5 nitrogen and oxygen atoms in total. The molecule has 0 aromatic carbocycles. The summed E-state index contributed by atoms with van der Waals surface area (Å²) in [6, 6.07) is -0.171. The van der Waals surface area contributed by atoms with E-state index in [4.69, 9.17) is 4.74 Å². The number of methoxy groups -OCH3 is 1. The molecule has 1 aromatic heterocycles. The van der Waals surface area contributed by atoms with Gasteiger partial charge in [0.25, 0.3) is 0 Å². The van der Waals surface area contributed by atoms with E-state index in [0.29, 0.717) is 19.7 Å². The average Bonchev–Trinajstić information content (AvgIpc) is 2.81. The quantitative estimate of drug-likeness (QED) is 0.732. The Morgan fingerprint density at radius 2 is 2.47 bits per heavy atom. The Bertz CT molecular complexity index is 329. The van der Waals surface area contributed by atoms with Gasteiger partial charge in [-0.2, -0.15) is 0 Å². The molecule has 0 radical (unpaired) electrons. The molecule has 1 rings (SSSR count). The number of nitrogens with one attached hydrogen (secondary N) is 1. The number of nitrogens with zero attached hydrogens (tertiary/aromatic N) is 2. The first-order chi connectivity index (χ1) is 8.15. The van der Waals surface area contributed by atoms with Gasteiger partial charge in [0.15, 0.2) is 0 Å². The standard InChI is InChI=1S/C11H19N3O2S/c1-9(11(15)13-4-6-16-3)14(2)8-10-12-5-7-17-10/h5,7,9H,4,6,8H2,1-3H3,(H,13,15)/t9-/m1/s1. The lowest BCUT2D eigenvalue weighted by molar-refractivity contribution is -0.125. The highest BCUT2D eigenvalue weighted by atomic mass is 32.1. The van der Waals surface area contributed by atoms with Crippen LogP contribution in [0.3, 0.4) is 0 Å². The van der Waals surface area contributed by atoms with Gasteiger partial charge in [0.1, 0.15) is 5.01 Å². The van der Waals surface area contributed by atoms with Crippen molar-refractivity contribution in [3.8, 4) is 0 Å². The van der Waals surface area contributed by atoms with Crippen LogP contribution in [0.25, 0.3) is 0 Å². The molecule has 0 saturated carbocycles. The minimum absolute atomic E-state index is 0.0149. The number of amides is 1. The van der Waals surface area contributed by atoms with Crippen molar-refractivity contribution in [3.05, 3.63) is 16.6 Å². The molecule has 0 fully saturated rings. The summed E-state index contributed by atoms with van der Waals surface area (Å²) in [6.07, 6.45) is 1.77. The van der Waals surface area contributed by atoms with Crippen LogP contribution in [0.15, 0.2) is 11.6 Å². The molecular weight excluding hydrogens is 238 g/mol. The molecule has 1 aromatic rings. The van der Waals surface area contributed by atoms with Crippen molar-refractivity contribution < 1.29 is 9.53 Å². The zero-order valence-corrected chi connectivity index (χ0v) is 11.3. The number of thiazole rings is 1. The number of carbonyl (C=O) groups is 1. The van der Waals surface area contributed by atoms with E-state index < -0.39 is 0 Å². The molecule has 1 atom stereocenters. The lowest BCUT2D eigenvalue weighted by atomic mass is 10.3. The van der Waals surface area contributed by atoms with Crippen molar-refractivity contribution in [1.29, 1.82) is 0 Å². The third kappa shape index (κ3) is 4.80. The maximum atomic E-state index is 11.8. The smallest absolute Gasteiger partial charge is 0.237 e. The molecular formula is C11H19N3O2S. The Hall–Kier alpha value is -0.980. The predicted octanol–water partition coefficient (Wildman–Crippen LogP) is 0.726. The zero-order chi connectivity index (χ0) is 12.7. The molecule has 0 saturated heterocycles. The third-order valence-electron chi connectivity index (χ3n) is 2.51. The lowest BCUT2D eigenvalue weighted by Crippen LogP contribution is -2.43. The zero-order valence-electron chi connectivity index (χ0n) is 10.5. The fourth-order valence-corrected chi connectivity index (χ4v) is 1.98. The maximum Gasteiger partial charge on any atom is 0.237 e. The Morgan fingerprint density at radius 1 is 1.71 bits per heavy atom. The second-order valence-electron chi connectivity index (χ2n) is 3.80. The molecule has 96 valence electrons. The van der Waals surface area contributed by atoms with E-state index in [-0.39, 0.29) is 11.9 Å². The number of likely N-dealkylation sites (N-methyl/N-ethyl adjacent to an activating group) is 1. The van der Waals surface area contributed by atoms with E-state index in [2.05, 4.69) is 10.3 Å². The van der Waals surface area contributed by atoms with Crippen LogP contribution in [0.1, 0.15) is 11.9 Å². The number of rotatable bonds is 7. The Balaban J connectivity index is 2.35. The molecule has 17 heavy (non-hydrogen) atoms. The van der Waals surface area contributed by atoms with Crippen molar-refractivity contribution in [2.24, 2.45) is 0 Å². The van der Waals surface area contributed by atoms with E-state index in [0.717, 1.165) is 5.01 Å². The Kier molecular flexibility index (Phi) is 6.10. The summed E-state index contributed by atoms with van der Waals surface area (Å²) in [5.74, 6) is 0.0149. The molecule has 1 heterocycles. The van der Waals surface area contributed by atoms with Crippen LogP contribution in [0.2, 0.25) is 0 Å². The largest absolute Gasteiger partial charge is 0.383 e. The summed E-state index contributed by atoms with van der Waals surface area (Å²) in [4.78, 5) is 17.9. The first-order valence-corrected chi connectivity index (χ1v) is 6.38. The lowest BCUT2D eigenvalue weighted by Gasteiger charge is -2.22. The minimum Gasteiger partial charge on any atom is -0.383 e. The Morgan fingerprint density at radius 3 is 3.06 bits per heavy atom. The summed E-state index contributed by atoms with van der Waals surface area (Å²) in [5.41, 5.74) is 0. The average molecular weight is 257 g/mol. The van der Waals surface area contributed by atoms with Gasteiger partial charge in [-0.15, -0.1) is 11.3 Å². The first-order valence-electron chi connectivity index (χ1n) is 5.50. The highest BCUT2D eigenvalue weighted by Crippen LogP contribution is 2.08. The summed E-state index contributed by atoms with van der Waals surface area (Å²) < 4.78 is 4.88. The molecule has 1 N–H and O–H groups in total. The van der Waals surface area contributed by atoms with Gasteiger partial charge in [0, 0.05) is 25.2 Å². The van der Waals surface area contributed by atoms with E-state index >= 15 is 0 Å². The molecule has 0 aliphatic carbocycles. The van der Waals surface area contributed by atoms with Crippen LogP contribution in [0, 0.1) is 0 Å². The second kappa shape index (κ2) is 7.37. The molecule has 0 bridgehead atoms. The molecule has 0 unspecified atom stereocenters. The van der Waals surface area contributed by atoms with Crippen LogP contribution in [-0.4, -0.2) is 49.1 Å². The van der Waals surface area contributed by atoms with Gasteiger partial charge in [0.2, 0.25) is 5.91 Å². The van der Waals surface area contributed by atoms with Gasteiger partial charge in [-0.05, 0) is 14.0 Å². The van der Waals surface area contributed by atoms with Crippen LogP contribution in [-0.2, 0) is 16.1 Å². The van der Waals surface area contributed by atoms with Gasteiger partial charge in [-0.1, -0.05) is 0 Å². The Labute approximate surface area is 106 Å². The SMILES string of the molecule is COCCNC(=O)[C@@H](C)N(C)Cc1nccs1. The topological polar surface area (TPSA) is 54.5 Å². The van der Waals surface area contributed by atoms with Gasteiger partial charge in [-0.3, -0.25) is 9.69 Å².